The van der Waals surface area contributed by atoms with Gasteiger partial charge in [-0.15, -0.1) is 0 Å². The van der Waals surface area contributed by atoms with E-state index < -0.39 is 0 Å². The molecule has 0 saturated carbocycles. The molecule has 6 aromatic carbocycles. The van der Waals surface area contributed by atoms with E-state index in [0.717, 1.165) is 17.1 Å². The van der Waals surface area contributed by atoms with Gasteiger partial charge < -0.3 is 4.90 Å². The Labute approximate surface area is 237 Å². The number of benzene rings is 6. The van der Waals surface area contributed by atoms with Crippen molar-refractivity contribution in [1.29, 1.82) is 0 Å². The van der Waals surface area contributed by atoms with Gasteiger partial charge in [-0.1, -0.05) is 129 Å². The average Bonchev–Trinajstić information content (AvgIpc) is 3.25. The lowest BCUT2D eigenvalue weighted by molar-refractivity contribution is 0.660. The summed E-state index contributed by atoms with van der Waals surface area (Å²) in [4.78, 5) is 2.39. The van der Waals surface area contributed by atoms with Crippen LogP contribution in [0.4, 0.5) is 17.1 Å². The van der Waals surface area contributed by atoms with Crippen LogP contribution in [-0.2, 0) is 5.41 Å². The summed E-state index contributed by atoms with van der Waals surface area (Å²) in [5.41, 5.74) is 13.7. The van der Waals surface area contributed by atoms with Crippen LogP contribution in [0, 0.1) is 0 Å². The molecule has 7 rings (SSSR count). The Morgan fingerprint density at radius 3 is 1.62 bits per heavy atom. The third kappa shape index (κ3) is 4.12. The standard InChI is InChI=1S/C39H31N/c1-39(2)37-19-10-9-18-35(37)36-25-24-34(27-38(36)39)40(32-22-20-30(21-23-32)28-12-5-3-6-13-28)33-17-11-16-31(26-33)29-14-7-4-8-15-29/h3-27H,1-2H3. The van der Waals surface area contributed by atoms with Gasteiger partial charge in [0.2, 0.25) is 0 Å². The lowest BCUT2D eigenvalue weighted by Crippen LogP contribution is -2.16. The number of hydrogen-bond acceptors (Lipinski definition) is 1. The SMILES string of the molecule is CC1(C)c2ccccc2-c2ccc(N(c3ccc(-c4ccccc4)cc3)c3cccc(-c4ccccc4)c3)cc21. The predicted molar refractivity (Wildman–Crippen MR) is 170 cm³/mol. The van der Waals surface area contributed by atoms with Crippen LogP contribution >= 0.6 is 0 Å². The van der Waals surface area contributed by atoms with Gasteiger partial charge in [-0.3, -0.25) is 0 Å². The zero-order chi connectivity index (χ0) is 27.1. The first kappa shape index (κ1) is 24.2. The van der Waals surface area contributed by atoms with Crippen molar-refractivity contribution in [2.75, 3.05) is 4.90 Å². The molecule has 0 aliphatic heterocycles. The molecule has 6 aromatic rings. The van der Waals surface area contributed by atoms with Gasteiger partial charge in [-0.05, 0) is 80.9 Å². The van der Waals surface area contributed by atoms with Crippen LogP contribution in [0.5, 0.6) is 0 Å². The first-order valence-electron chi connectivity index (χ1n) is 14.0. The maximum absolute atomic E-state index is 2.40. The van der Waals surface area contributed by atoms with Gasteiger partial charge in [0.25, 0.3) is 0 Å². The Morgan fingerprint density at radius 2 is 0.900 bits per heavy atom. The van der Waals surface area contributed by atoms with Crippen LogP contribution < -0.4 is 4.90 Å². The molecule has 40 heavy (non-hydrogen) atoms. The second kappa shape index (κ2) is 9.70. The summed E-state index contributed by atoms with van der Waals surface area (Å²) in [5, 5.41) is 0. The third-order valence-electron chi connectivity index (χ3n) is 8.27. The molecule has 0 fully saturated rings. The first-order valence-corrected chi connectivity index (χ1v) is 14.0. The molecular formula is C39H31N. The molecule has 0 heterocycles. The van der Waals surface area contributed by atoms with E-state index >= 15 is 0 Å². The number of fused-ring (bicyclic) bond motifs is 3. The summed E-state index contributed by atoms with van der Waals surface area (Å²) in [5.74, 6) is 0. The number of hydrogen-bond donors (Lipinski definition) is 0. The molecule has 0 atom stereocenters. The van der Waals surface area contributed by atoms with Crippen LogP contribution in [0.15, 0.2) is 152 Å². The molecule has 0 aromatic heterocycles. The molecular weight excluding hydrogens is 482 g/mol. The average molecular weight is 514 g/mol. The molecule has 1 aliphatic carbocycles. The smallest absolute Gasteiger partial charge is 0.0467 e. The molecule has 0 saturated heterocycles. The van der Waals surface area contributed by atoms with Gasteiger partial charge in [0.05, 0.1) is 0 Å². The van der Waals surface area contributed by atoms with Crippen molar-refractivity contribution < 1.29 is 0 Å². The number of nitrogens with zero attached hydrogens (tertiary/aromatic N) is 1. The fraction of sp³-hybridized carbons (Fsp3) is 0.0769. The molecule has 0 spiro atoms. The summed E-state index contributed by atoms with van der Waals surface area (Å²) < 4.78 is 0. The van der Waals surface area contributed by atoms with Crippen molar-refractivity contribution in [3.8, 4) is 33.4 Å². The maximum atomic E-state index is 2.40. The van der Waals surface area contributed by atoms with Gasteiger partial charge in [0.1, 0.15) is 0 Å². The first-order chi connectivity index (χ1) is 19.6. The predicted octanol–water partition coefficient (Wildman–Crippen LogP) is 10.8. The van der Waals surface area contributed by atoms with Crippen LogP contribution in [0.25, 0.3) is 33.4 Å². The van der Waals surface area contributed by atoms with Gasteiger partial charge >= 0.3 is 0 Å². The largest absolute Gasteiger partial charge is 0.310 e. The molecule has 1 aliphatic rings. The molecule has 1 nitrogen and oxygen atoms in total. The molecule has 0 radical (unpaired) electrons. The summed E-state index contributed by atoms with van der Waals surface area (Å²) in [6.07, 6.45) is 0. The zero-order valence-electron chi connectivity index (χ0n) is 22.9. The summed E-state index contributed by atoms with van der Waals surface area (Å²) in [6, 6.07) is 54.8. The van der Waals surface area contributed by atoms with Gasteiger partial charge in [0.15, 0.2) is 0 Å². The van der Waals surface area contributed by atoms with E-state index in [1.807, 2.05) is 0 Å². The molecule has 0 amide bonds. The lowest BCUT2D eigenvalue weighted by atomic mass is 9.82. The second-order valence-electron chi connectivity index (χ2n) is 11.1. The minimum absolute atomic E-state index is 0.0589. The highest BCUT2D eigenvalue weighted by molar-refractivity contribution is 5.86. The fourth-order valence-corrected chi connectivity index (χ4v) is 6.17. The zero-order valence-corrected chi connectivity index (χ0v) is 22.9. The molecule has 192 valence electrons. The van der Waals surface area contributed by atoms with Crippen molar-refractivity contribution in [2.45, 2.75) is 19.3 Å². The quantitative estimate of drug-likeness (QED) is 0.222. The number of anilines is 3. The summed E-state index contributed by atoms with van der Waals surface area (Å²) in [6.45, 7) is 4.69. The Bertz CT molecular complexity index is 1800. The van der Waals surface area contributed by atoms with E-state index in [-0.39, 0.29) is 5.41 Å². The number of rotatable bonds is 5. The van der Waals surface area contributed by atoms with E-state index in [1.54, 1.807) is 0 Å². The maximum Gasteiger partial charge on any atom is 0.0467 e. The highest BCUT2D eigenvalue weighted by atomic mass is 15.1. The van der Waals surface area contributed by atoms with Crippen molar-refractivity contribution >= 4 is 17.1 Å². The Kier molecular flexibility index (Phi) is 5.86. The third-order valence-corrected chi connectivity index (χ3v) is 8.27. The van der Waals surface area contributed by atoms with Gasteiger partial charge in [-0.25, -0.2) is 0 Å². The van der Waals surface area contributed by atoms with Crippen LogP contribution in [0.2, 0.25) is 0 Å². The minimum Gasteiger partial charge on any atom is -0.310 e. The summed E-state index contributed by atoms with van der Waals surface area (Å²) in [7, 11) is 0. The van der Waals surface area contributed by atoms with Crippen molar-refractivity contribution in [3.05, 3.63) is 163 Å². The van der Waals surface area contributed by atoms with E-state index in [9.17, 15) is 0 Å². The van der Waals surface area contributed by atoms with E-state index in [0.29, 0.717) is 0 Å². The fourth-order valence-electron chi connectivity index (χ4n) is 6.17. The monoisotopic (exact) mass is 513 g/mol. The molecule has 0 N–H and O–H groups in total. The van der Waals surface area contributed by atoms with Gasteiger partial charge in [0, 0.05) is 22.5 Å². The van der Waals surface area contributed by atoms with Crippen LogP contribution in [0.3, 0.4) is 0 Å². The van der Waals surface area contributed by atoms with Crippen molar-refractivity contribution in [2.24, 2.45) is 0 Å². The lowest BCUT2D eigenvalue weighted by Gasteiger charge is -2.28. The topological polar surface area (TPSA) is 3.24 Å². The van der Waals surface area contributed by atoms with E-state index in [1.165, 1.54) is 44.5 Å². The van der Waals surface area contributed by atoms with Gasteiger partial charge in [-0.2, -0.15) is 0 Å². The second-order valence-corrected chi connectivity index (χ2v) is 11.1. The normalized spacial score (nSPS) is 12.9. The Hall–Kier alpha value is -4.88. The van der Waals surface area contributed by atoms with Crippen molar-refractivity contribution in [3.63, 3.8) is 0 Å². The Balaban J connectivity index is 1.37. The van der Waals surface area contributed by atoms with E-state index in [2.05, 4.69) is 170 Å². The molecule has 1 heteroatoms. The minimum atomic E-state index is -0.0589. The van der Waals surface area contributed by atoms with E-state index in [4.69, 9.17) is 0 Å². The highest BCUT2D eigenvalue weighted by Gasteiger charge is 2.35. The van der Waals surface area contributed by atoms with Crippen LogP contribution in [0.1, 0.15) is 25.0 Å². The summed E-state index contributed by atoms with van der Waals surface area (Å²) >= 11 is 0. The van der Waals surface area contributed by atoms with Crippen molar-refractivity contribution in [1.82, 2.24) is 0 Å². The molecule has 0 unspecified atom stereocenters. The Morgan fingerprint density at radius 1 is 0.375 bits per heavy atom. The van der Waals surface area contributed by atoms with Crippen LogP contribution in [-0.4, -0.2) is 0 Å². The highest BCUT2D eigenvalue weighted by Crippen LogP contribution is 2.50. The molecule has 0 bridgehead atoms.